The van der Waals surface area contributed by atoms with E-state index in [-0.39, 0.29) is 23.3 Å². The molecule has 7 heteroatoms. The summed E-state index contributed by atoms with van der Waals surface area (Å²) in [5.74, 6) is 0.328. The zero-order valence-electron chi connectivity index (χ0n) is 17.0. The number of hydrogen-bond donors (Lipinski definition) is 1. The van der Waals surface area contributed by atoms with Gasteiger partial charge in [0.15, 0.2) is 5.76 Å². The lowest BCUT2D eigenvalue weighted by molar-refractivity contribution is -0.133. The van der Waals surface area contributed by atoms with Crippen molar-refractivity contribution < 1.29 is 18.8 Å². The Bertz CT molecular complexity index is 888. The summed E-state index contributed by atoms with van der Waals surface area (Å²) in [7, 11) is 0. The topological polar surface area (TPSA) is 82.9 Å². The maximum absolute atomic E-state index is 12.8. The van der Waals surface area contributed by atoms with Gasteiger partial charge in [0, 0.05) is 44.6 Å². The third-order valence-corrected chi connectivity index (χ3v) is 6.09. The van der Waals surface area contributed by atoms with Gasteiger partial charge in [-0.05, 0) is 37.0 Å². The second kappa shape index (κ2) is 8.73. The Labute approximate surface area is 176 Å². The van der Waals surface area contributed by atoms with Crippen molar-refractivity contribution in [3.8, 4) is 0 Å². The first-order valence-corrected chi connectivity index (χ1v) is 10.5. The summed E-state index contributed by atoms with van der Waals surface area (Å²) in [6.07, 6.45) is 4.49. The molecule has 1 N–H and O–H groups in total. The standard InChI is InChI=1S/C23H27N3O4/c27-20-8-10-23(24-20,17-18-5-2-1-3-6-18)11-9-21(28)25-12-14-26(15-13-25)22(29)19-7-4-16-30-19/h1-7,16H,8-15,17H2,(H,24,27)/t23-/m1/s1. The monoisotopic (exact) mass is 409 g/mol. The Morgan fingerprint density at radius 1 is 1.00 bits per heavy atom. The molecule has 2 saturated heterocycles. The first-order chi connectivity index (χ1) is 14.5. The first-order valence-electron chi connectivity index (χ1n) is 10.5. The molecule has 2 fully saturated rings. The van der Waals surface area contributed by atoms with Crippen LogP contribution in [0.4, 0.5) is 0 Å². The average Bonchev–Trinajstić information content (AvgIpc) is 3.43. The van der Waals surface area contributed by atoms with Gasteiger partial charge in [0.25, 0.3) is 5.91 Å². The summed E-state index contributed by atoms with van der Waals surface area (Å²) in [5, 5.41) is 3.14. The van der Waals surface area contributed by atoms with Crippen LogP contribution in [0.25, 0.3) is 0 Å². The highest BCUT2D eigenvalue weighted by Crippen LogP contribution is 2.30. The van der Waals surface area contributed by atoms with Crippen LogP contribution in [0.5, 0.6) is 0 Å². The highest BCUT2D eigenvalue weighted by molar-refractivity contribution is 5.91. The number of carbonyl (C=O) groups is 3. The number of amides is 3. The van der Waals surface area contributed by atoms with Crippen molar-refractivity contribution >= 4 is 17.7 Å². The molecular weight excluding hydrogens is 382 g/mol. The summed E-state index contributed by atoms with van der Waals surface area (Å²) < 4.78 is 5.18. The van der Waals surface area contributed by atoms with Crippen molar-refractivity contribution in [3.05, 3.63) is 60.1 Å². The van der Waals surface area contributed by atoms with Crippen molar-refractivity contribution in [2.45, 2.75) is 37.6 Å². The quantitative estimate of drug-likeness (QED) is 0.793. The van der Waals surface area contributed by atoms with Gasteiger partial charge < -0.3 is 19.5 Å². The molecule has 0 aliphatic carbocycles. The van der Waals surface area contributed by atoms with Gasteiger partial charge in [0.05, 0.1) is 6.26 Å². The van der Waals surface area contributed by atoms with E-state index in [4.69, 9.17) is 4.42 Å². The van der Waals surface area contributed by atoms with E-state index < -0.39 is 0 Å². The fourth-order valence-electron chi connectivity index (χ4n) is 4.39. The summed E-state index contributed by atoms with van der Waals surface area (Å²) in [4.78, 5) is 40.7. The molecule has 2 aromatic rings. The largest absolute Gasteiger partial charge is 0.459 e. The van der Waals surface area contributed by atoms with Crippen LogP contribution >= 0.6 is 0 Å². The summed E-state index contributed by atoms with van der Waals surface area (Å²) in [6, 6.07) is 13.4. The van der Waals surface area contributed by atoms with E-state index >= 15 is 0 Å². The van der Waals surface area contributed by atoms with Gasteiger partial charge >= 0.3 is 0 Å². The average molecular weight is 409 g/mol. The molecule has 0 unspecified atom stereocenters. The predicted molar refractivity (Wildman–Crippen MR) is 111 cm³/mol. The minimum absolute atomic E-state index is 0.0587. The van der Waals surface area contributed by atoms with Gasteiger partial charge in [-0.25, -0.2) is 0 Å². The van der Waals surface area contributed by atoms with E-state index in [0.717, 1.165) is 18.4 Å². The third kappa shape index (κ3) is 4.56. The van der Waals surface area contributed by atoms with Crippen LogP contribution in [0.3, 0.4) is 0 Å². The second-order valence-corrected chi connectivity index (χ2v) is 8.14. The molecule has 2 aliphatic rings. The third-order valence-electron chi connectivity index (χ3n) is 6.09. The van der Waals surface area contributed by atoms with E-state index in [1.165, 1.54) is 6.26 Å². The number of benzene rings is 1. The number of furan rings is 1. The highest BCUT2D eigenvalue weighted by atomic mass is 16.3. The fourth-order valence-corrected chi connectivity index (χ4v) is 4.39. The number of rotatable bonds is 6. The van der Waals surface area contributed by atoms with Crippen molar-refractivity contribution in [2.24, 2.45) is 0 Å². The fraction of sp³-hybridized carbons (Fsp3) is 0.435. The van der Waals surface area contributed by atoms with E-state index in [1.54, 1.807) is 17.0 Å². The van der Waals surface area contributed by atoms with Crippen molar-refractivity contribution in [2.75, 3.05) is 26.2 Å². The minimum Gasteiger partial charge on any atom is -0.459 e. The molecule has 0 spiro atoms. The Morgan fingerprint density at radius 2 is 1.73 bits per heavy atom. The molecule has 3 amide bonds. The number of nitrogens with one attached hydrogen (secondary N) is 1. The molecule has 2 aliphatic heterocycles. The SMILES string of the molecule is O=C1CC[C@@](CCC(=O)N2CCN(C(=O)c3ccco3)CC2)(Cc2ccccc2)N1. The Morgan fingerprint density at radius 3 is 2.37 bits per heavy atom. The molecule has 0 saturated carbocycles. The molecule has 30 heavy (non-hydrogen) atoms. The Balaban J connectivity index is 1.31. The van der Waals surface area contributed by atoms with Crippen LogP contribution in [0.1, 0.15) is 41.8 Å². The number of piperazine rings is 1. The first kappa shape index (κ1) is 20.2. The number of hydrogen-bond acceptors (Lipinski definition) is 4. The van der Waals surface area contributed by atoms with E-state index in [2.05, 4.69) is 17.4 Å². The van der Waals surface area contributed by atoms with Gasteiger partial charge in [-0.15, -0.1) is 0 Å². The van der Waals surface area contributed by atoms with Gasteiger partial charge in [-0.1, -0.05) is 30.3 Å². The van der Waals surface area contributed by atoms with Crippen LogP contribution in [0.15, 0.2) is 53.1 Å². The van der Waals surface area contributed by atoms with Gasteiger partial charge in [-0.2, -0.15) is 0 Å². The van der Waals surface area contributed by atoms with Crippen LogP contribution in [0, 0.1) is 0 Å². The highest BCUT2D eigenvalue weighted by Gasteiger charge is 2.38. The maximum atomic E-state index is 12.8. The zero-order chi connectivity index (χ0) is 21.0. The molecule has 7 nitrogen and oxygen atoms in total. The molecule has 3 heterocycles. The van der Waals surface area contributed by atoms with Gasteiger partial charge in [0.1, 0.15) is 0 Å². The molecule has 0 radical (unpaired) electrons. The lowest BCUT2D eigenvalue weighted by Gasteiger charge is -2.35. The molecule has 4 rings (SSSR count). The number of carbonyl (C=O) groups excluding carboxylic acids is 3. The van der Waals surface area contributed by atoms with Crippen LogP contribution in [-0.2, 0) is 16.0 Å². The predicted octanol–water partition coefficient (Wildman–Crippen LogP) is 2.24. The van der Waals surface area contributed by atoms with Crippen molar-refractivity contribution in [1.82, 2.24) is 15.1 Å². The summed E-state index contributed by atoms with van der Waals surface area (Å²) in [6.45, 7) is 2.03. The Kier molecular flexibility index (Phi) is 5.88. The minimum atomic E-state index is -0.356. The van der Waals surface area contributed by atoms with Gasteiger partial charge in [-0.3, -0.25) is 14.4 Å². The van der Waals surface area contributed by atoms with E-state index in [9.17, 15) is 14.4 Å². The second-order valence-electron chi connectivity index (χ2n) is 8.14. The summed E-state index contributed by atoms with van der Waals surface area (Å²) >= 11 is 0. The number of nitrogens with zero attached hydrogens (tertiary/aromatic N) is 2. The molecule has 0 bridgehead atoms. The Hall–Kier alpha value is -3.09. The molecule has 1 aromatic heterocycles. The lowest BCUT2D eigenvalue weighted by atomic mass is 9.85. The molecule has 1 aromatic carbocycles. The van der Waals surface area contributed by atoms with E-state index in [0.29, 0.717) is 51.2 Å². The van der Waals surface area contributed by atoms with Crippen LogP contribution in [-0.4, -0.2) is 59.2 Å². The lowest BCUT2D eigenvalue weighted by Crippen LogP contribution is -2.51. The maximum Gasteiger partial charge on any atom is 0.289 e. The normalized spacial score (nSPS) is 21.5. The van der Waals surface area contributed by atoms with Crippen LogP contribution < -0.4 is 5.32 Å². The molecule has 1 atom stereocenters. The van der Waals surface area contributed by atoms with Crippen molar-refractivity contribution in [3.63, 3.8) is 0 Å². The van der Waals surface area contributed by atoms with Crippen molar-refractivity contribution in [1.29, 1.82) is 0 Å². The van der Waals surface area contributed by atoms with Crippen LogP contribution in [0.2, 0.25) is 0 Å². The van der Waals surface area contributed by atoms with Gasteiger partial charge in [0.2, 0.25) is 11.8 Å². The zero-order valence-corrected chi connectivity index (χ0v) is 17.0. The molecule has 158 valence electrons. The van der Waals surface area contributed by atoms with E-state index in [1.807, 2.05) is 23.1 Å². The summed E-state index contributed by atoms with van der Waals surface area (Å²) in [5.41, 5.74) is 0.808. The molecular formula is C23H27N3O4. The smallest absolute Gasteiger partial charge is 0.289 e.